The monoisotopic (exact) mass is 257 g/mol. The molecule has 1 aliphatic heterocycles. The Morgan fingerprint density at radius 3 is 2.44 bits per heavy atom. The van der Waals surface area contributed by atoms with Crippen molar-refractivity contribution in [2.45, 2.75) is 52.2 Å². The maximum atomic E-state index is 12.5. The number of amides is 1. The topological polar surface area (TPSA) is 66.8 Å². The van der Waals surface area contributed by atoms with E-state index >= 15 is 0 Å². The predicted molar refractivity (Wildman–Crippen MR) is 67.2 cm³/mol. The molecule has 1 N–H and O–H groups in total. The summed E-state index contributed by atoms with van der Waals surface area (Å²) in [6, 6.07) is 0. The minimum atomic E-state index is -0.981. The molecular weight excluding hydrogens is 234 g/mol. The van der Waals surface area contributed by atoms with E-state index in [2.05, 4.69) is 0 Å². The maximum Gasteiger partial charge on any atom is 0.323 e. The van der Waals surface area contributed by atoms with Crippen LogP contribution in [0, 0.1) is 5.92 Å². The van der Waals surface area contributed by atoms with Gasteiger partial charge in [0, 0.05) is 12.1 Å². The van der Waals surface area contributed by atoms with Crippen molar-refractivity contribution < 1.29 is 19.4 Å². The molecule has 0 saturated carbocycles. The van der Waals surface area contributed by atoms with Crippen LogP contribution in [-0.4, -0.2) is 46.7 Å². The SMILES string of the molecule is CCC1OCCC1C(=O)N(CC(=O)O)C(C)(C)C. The third-order valence-electron chi connectivity index (χ3n) is 3.30. The minimum absolute atomic E-state index is 0.0730. The first kappa shape index (κ1) is 15.0. The summed E-state index contributed by atoms with van der Waals surface area (Å²) in [4.78, 5) is 24.8. The van der Waals surface area contributed by atoms with Crippen molar-refractivity contribution in [2.24, 2.45) is 5.92 Å². The van der Waals surface area contributed by atoms with Crippen LogP contribution in [0.3, 0.4) is 0 Å². The van der Waals surface area contributed by atoms with Crippen molar-refractivity contribution in [1.82, 2.24) is 4.90 Å². The fourth-order valence-electron chi connectivity index (χ4n) is 2.31. The van der Waals surface area contributed by atoms with Gasteiger partial charge in [0.15, 0.2) is 0 Å². The van der Waals surface area contributed by atoms with Gasteiger partial charge >= 0.3 is 5.97 Å². The first-order valence-electron chi connectivity index (χ1n) is 6.42. The Kier molecular flexibility index (Phi) is 4.73. The number of rotatable bonds is 4. The number of carbonyl (C=O) groups excluding carboxylic acids is 1. The largest absolute Gasteiger partial charge is 0.480 e. The molecule has 0 aromatic heterocycles. The van der Waals surface area contributed by atoms with E-state index in [1.807, 2.05) is 27.7 Å². The molecule has 1 saturated heterocycles. The second-order valence-corrected chi connectivity index (χ2v) is 5.70. The van der Waals surface area contributed by atoms with Gasteiger partial charge in [-0.2, -0.15) is 0 Å². The van der Waals surface area contributed by atoms with Crippen LogP contribution >= 0.6 is 0 Å². The van der Waals surface area contributed by atoms with Gasteiger partial charge in [0.25, 0.3) is 0 Å². The summed E-state index contributed by atoms with van der Waals surface area (Å²) in [5.41, 5.74) is -0.490. The molecule has 18 heavy (non-hydrogen) atoms. The van der Waals surface area contributed by atoms with Crippen molar-refractivity contribution in [3.05, 3.63) is 0 Å². The van der Waals surface area contributed by atoms with Crippen LogP contribution in [0.2, 0.25) is 0 Å². The summed E-state index contributed by atoms with van der Waals surface area (Å²) < 4.78 is 5.51. The molecule has 0 bridgehead atoms. The lowest BCUT2D eigenvalue weighted by molar-refractivity contribution is -0.151. The molecule has 0 aromatic rings. The van der Waals surface area contributed by atoms with Crippen LogP contribution in [0.4, 0.5) is 0 Å². The highest BCUT2D eigenvalue weighted by Crippen LogP contribution is 2.28. The summed E-state index contributed by atoms with van der Waals surface area (Å²) >= 11 is 0. The fourth-order valence-corrected chi connectivity index (χ4v) is 2.31. The van der Waals surface area contributed by atoms with Crippen LogP contribution < -0.4 is 0 Å². The molecule has 104 valence electrons. The quantitative estimate of drug-likeness (QED) is 0.829. The normalized spacial score (nSPS) is 24.0. The zero-order chi connectivity index (χ0) is 13.9. The van der Waals surface area contributed by atoms with Gasteiger partial charge in [0.1, 0.15) is 6.54 Å². The molecule has 2 unspecified atom stereocenters. The summed E-state index contributed by atoms with van der Waals surface area (Å²) in [6.45, 7) is 7.87. The second-order valence-electron chi connectivity index (χ2n) is 5.70. The van der Waals surface area contributed by atoms with Crippen LogP contribution in [0.15, 0.2) is 0 Å². The molecule has 1 amide bonds. The zero-order valence-electron chi connectivity index (χ0n) is 11.6. The molecule has 1 heterocycles. The van der Waals surface area contributed by atoms with E-state index in [9.17, 15) is 9.59 Å². The Labute approximate surface area is 108 Å². The molecule has 0 radical (unpaired) electrons. The summed E-state index contributed by atoms with van der Waals surface area (Å²) in [5, 5.41) is 8.94. The van der Waals surface area contributed by atoms with E-state index in [1.165, 1.54) is 4.90 Å². The van der Waals surface area contributed by atoms with Crippen molar-refractivity contribution in [2.75, 3.05) is 13.2 Å². The highest BCUT2D eigenvalue weighted by molar-refractivity contribution is 5.84. The third kappa shape index (κ3) is 3.45. The lowest BCUT2D eigenvalue weighted by atomic mass is 9.95. The van der Waals surface area contributed by atoms with Crippen molar-refractivity contribution in [3.8, 4) is 0 Å². The number of ether oxygens (including phenoxy) is 1. The number of carbonyl (C=O) groups is 2. The second kappa shape index (κ2) is 5.69. The summed E-state index contributed by atoms with van der Waals surface area (Å²) in [6.07, 6.45) is 1.39. The molecule has 1 fully saturated rings. The van der Waals surface area contributed by atoms with Gasteiger partial charge in [0.2, 0.25) is 5.91 Å². The Hall–Kier alpha value is -1.10. The number of nitrogens with zero attached hydrogens (tertiary/aromatic N) is 1. The molecule has 1 rings (SSSR count). The molecule has 5 nitrogen and oxygen atoms in total. The van der Waals surface area contributed by atoms with Gasteiger partial charge in [-0.25, -0.2) is 0 Å². The zero-order valence-corrected chi connectivity index (χ0v) is 11.6. The fraction of sp³-hybridized carbons (Fsp3) is 0.846. The first-order chi connectivity index (χ1) is 8.27. The van der Waals surface area contributed by atoms with Gasteiger partial charge in [-0.1, -0.05) is 6.92 Å². The molecule has 0 spiro atoms. The van der Waals surface area contributed by atoms with E-state index in [0.29, 0.717) is 13.0 Å². The van der Waals surface area contributed by atoms with Crippen LogP contribution in [-0.2, 0) is 14.3 Å². The van der Waals surface area contributed by atoms with E-state index in [-0.39, 0.29) is 24.5 Å². The Balaban J connectivity index is 2.85. The lowest BCUT2D eigenvalue weighted by Crippen LogP contribution is -2.51. The number of carboxylic acid groups (broad SMARTS) is 1. The van der Waals surface area contributed by atoms with Crippen LogP contribution in [0.25, 0.3) is 0 Å². The molecular formula is C13H23NO4. The Bertz CT molecular complexity index is 321. The summed E-state index contributed by atoms with van der Waals surface area (Å²) in [7, 11) is 0. The molecule has 0 aromatic carbocycles. The van der Waals surface area contributed by atoms with Gasteiger partial charge in [-0.15, -0.1) is 0 Å². The molecule has 2 atom stereocenters. The van der Waals surface area contributed by atoms with Gasteiger partial charge in [-0.05, 0) is 33.6 Å². The number of aliphatic carboxylic acids is 1. The molecule has 5 heteroatoms. The number of hydrogen-bond donors (Lipinski definition) is 1. The van der Waals surface area contributed by atoms with Crippen molar-refractivity contribution in [3.63, 3.8) is 0 Å². The number of carboxylic acids is 1. The van der Waals surface area contributed by atoms with Crippen molar-refractivity contribution in [1.29, 1.82) is 0 Å². The lowest BCUT2D eigenvalue weighted by Gasteiger charge is -2.37. The maximum absolute atomic E-state index is 12.5. The van der Waals surface area contributed by atoms with Crippen LogP contribution in [0.1, 0.15) is 40.5 Å². The van der Waals surface area contributed by atoms with Crippen molar-refractivity contribution >= 4 is 11.9 Å². The van der Waals surface area contributed by atoms with Gasteiger partial charge < -0.3 is 14.7 Å². The Morgan fingerprint density at radius 2 is 2.00 bits per heavy atom. The highest BCUT2D eigenvalue weighted by atomic mass is 16.5. The van der Waals surface area contributed by atoms with E-state index < -0.39 is 11.5 Å². The average molecular weight is 257 g/mol. The first-order valence-corrected chi connectivity index (χ1v) is 6.42. The van der Waals surface area contributed by atoms with E-state index in [1.54, 1.807) is 0 Å². The van der Waals surface area contributed by atoms with Crippen LogP contribution in [0.5, 0.6) is 0 Å². The smallest absolute Gasteiger partial charge is 0.323 e. The summed E-state index contributed by atoms with van der Waals surface area (Å²) in [5.74, 6) is -1.28. The highest BCUT2D eigenvalue weighted by Gasteiger charge is 2.39. The minimum Gasteiger partial charge on any atom is -0.480 e. The van der Waals surface area contributed by atoms with E-state index in [0.717, 1.165) is 6.42 Å². The standard InChI is InChI=1S/C13H23NO4/c1-5-10-9(6-7-18-10)12(17)14(8-11(15)16)13(2,3)4/h9-10H,5-8H2,1-4H3,(H,15,16). The van der Waals surface area contributed by atoms with Gasteiger partial charge in [-0.3, -0.25) is 9.59 Å². The van der Waals surface area contributed by atoms with Gasteiger partial charge in [0.05, 0.1) is 12.0 Å². The molecule has 0 aliphatic carbocycles. The van der Waals surface area contributed by atoms with E-state index in [4.69, 9.17) is 9.84 Å². The third-order valence-corrected chi connectivity index (χ3v) is 3.30. The average Bonchev–Trinajstić information content (AvgIpc) is 2.71. The Morgan fingerprint density at radius 1 is 1.39 bits per heavy atom. The predicted octanol–water partition coefficient (Wildman–Crippen LogP) is 1.51. The number of hydrogen-bond acceptors (Lipinski definition) is 3. The molecule has 1 aliphatic rings.